The van der Waals surface area contributed by atoms with Gasteiger partial charge < -0.3 is 15.4 Å². The number of carbonyl (C=O) groups excluding carboxylic acids is 4. The van der Waals surface area contributed by atoms with Crippen molar-refractivity contribution in [3.63, 3.8) is 0 Å². The molecule has 8 nitrogen and oxygen atoms in total. The number of rotatable bonds is 6. The quantitative estimate of drug-likeness (QED) is 0.721. The first kappa shape index (κ1) is 19.4. The number of carbonyl (C=O) groups is 4. The second-order valence-corrected chi connectivity index (χ2v) is 6.09. The Morgan fingerprint density at radius 2 is 1.92 bits per heavy atom. The lowest BCUT2D eigenvalue weighted by atomic mass is 10.0. The van der Waals surface area contributed by atoms with E-state index in [1.54, 1.807) is 13.8 Å². The van der Waals surface area contributed by atoms with Crippen LogP contribution in [0.4, 0.5) is 9.18 Å². The lowest BCUT2D eigenvalue weighted by Crippen LogP contribution is -2.46. The Morgan fingerprint density at radius 3 is 2.46 bits per heavy atom. The standard InChI is InChI=1S/C17H20FN3O5/c1-10(2)14(20-15(23)11-3-5-12(18)6-4-11)16(24)26-9-13(22)21-8-7-19-17(21)25/h3-6,10,14H,7-9H2,1-2H3,(H,19,25)(H,20,23)/t14-/m0/s1. The zero-order chi connectivity index (χ0) is 19.3. The molecule has 0 bridgehead atoms. The van der Waals surface area contributed by atoms with E-state index in [-0.39, 0.29) is 18.0 Å². The molecule has 1 aromatic rings. The van der Waals surface area contributed by atoms with Crippen molar-refractivity contribution in [1.82, 2.24) is 15.5 Å². The summed E-state index contributed by atoms with van der Waals surface area (Å²) in [6.07, 6.45) is 0. The number of hydrogen-bond acceptors (Lipinski definition) is 5. The van der Waals surface area contributed by atoms with Crippen LogP contribution in [0.1, 0.15) is 24.2 Å². The van der Waals surface area contributed by atoms with E-state index in [1.807, 2.05) is 0 Å². The molecule has 0 radical (unpaired) electrons. The van der Waals surface area contributed by atoms with E-state index >= 15 is 0 Å². The summed E-state index contributed by atoms with van der Waals surface area (Å²) in [5.41, 5.74) is 0.190. The summed E-state index contributed by atoms with van der Waals surface area (Å²) in [5.74, 6) is -2.78. The molecule has 0 spiro atoms. The number of esters is 1. The van der Waals surface area contributed by atoms with Gasteiger partial charge in [0.05, 0.1) is 0 Å². The van der Waals surface area contributed by atoms with Gasteiger partial charge in [-0.25, -0.2) is 14.0 Å². The van der Waals surface area contributed by atoms with Crippen molar-refractivity contribution < 1.29 is 28.3 Å². The average molecular weight is 365 g/mol. The minimum absolute atomic E-state index is 0.190. The van der Waals surface area contributed by atoms with Gasteiger partial charge in [0.15, 0.2) is 6.61 Å². The fourth-order valence-corrected chi connectivity index (χ4v) is 2.33. The van der Waals surface area contributed by atoms with Crippen LogP contribution in [0, 0.1) is 11.7 Å². The van der Waals surface area contributed by atoms with Gasteiger partial charge in [0.2, 0.25) is 0 Å². The SMILES string of the molecule is CC(C)[C@H](NC(=O)c1ccc(F)cc1)C(=O)OCC(=O)N1CCNC1=O. The van der Waals surface area contributed by atoms with Gasteiger partial charge in [-0.3, -0.25) is 14.5 Å². The number of amides is 4. The third kappa shape index (κ3) is 4.78. The maximum absolute atomic E-state index is 12.9. The van der Waals surface area contributed by atoms with Crippen molar-refractivity contribution >= 4 is 23.8 Å². The Kier molecular flexibility index (Phi) is 6.26. The van der Waals surface area contributed by atoms with Crippen LogP contribution in [0.3, 0.4) is 0 Å². The van der Waals surface area contributed by atoms with Crippen molar-refractivity contribution in [1.29, 1.82) is 0 Å². The number of urea groups is 1. The average Bonchev–Trinajstić information content (AvgIpc) is 3.03. The van der Waals surface area contributed by atoms with Crippen molar-refractivity contribution in [3.8, 4) is 0 Å². The van der Waals surface area contributed by atoms with Crippen LogP contribution in [-0.2, 0) is 14.3 Å². The third-order valence-electron chi connectivity index (χ3n) is 3.81. The van der Waals surface area contributed by atoms with Gasteiger partial charge in [0.25, 0.3) is 11.8 Å². The molecule has 0 aliphatic carbocycles. The molecule has 9 heteroatoms. The van der Waals surface area contributed by atoms with Crippen molar-refractivity contribution in [2.45, 2.75) is 19.9 Å². The summed E-state index contributed by atoms with van der Waals surface area (Å²) in [7, 11) is 0. The molecule has 0 aromatic heterocycles. The summed E-state index contributed by atoms with van der Waals surface area (Å²) in [6.45, 7) is 3.37. The molecule has 1 fully saturated rings. The Morgan fingerprint density at radius 1 is 1.27 bits per heavy atom. The van der Waals surface area contributed by atoms with E-state index < -0.39 is 42.3 Å². The first-order valence-corrected chi connectivity index (χ1v) is 8.11. The van der Waals surface area contributed by atoms with E-state index in [0.717, 1.165) is 17.0 Å². The largest absolute Gasteiger partial charge is 0.454 e. The monoisotopic (exact) mass is 365 g/mol. The number of ether oxygens (including phenoxy) is 1. The summed E-state index contributed by atoms with van der Waals surface area (Å²) in [6, 6.07) is 3.34. The maximum Gasteiger partial charge on any atom is 0.329 e. The van der Waals surface area contributed by atoms with E-state index in [2.05, 4.69) is 10.6 Å². The topological polar surface area (TPSA) is 105 Å². The summed E-state index contributed by atoms with van der Waals surface area (Å²) >= 11 is 0. The molecule has 2 rings (SSSR count). The van der Waals surface area contributed by atoms with Gasteiger partial charge in [-0.05, 0) is 30.2 Å². The molecule has 0 unspecified atom stereocenters. The number of nitrogens with zero attached hydrogens (tertiary/aromatic N) is 1. The van der Waals surface area contributed by atoms with Gasteiger partial charge in [-0.15, -0.1) is 0 Å². The normalized spacial score (nSPS) is 14.8. The van der Waals surface area contributed by atoms with E-state index in [1.165, 1.54) is 12.1 Å². The molecule has 140 valence electrons. The fourth-order valence-electron chi connectivity index (χ4n) is 2.33. The Labute approximate surface area is 149 Å². The van der Waals surface area contributed by atoms with Crippen LogP contribution in [0.15, 0.2) is 24.3 Å². The van der Waals surface area contributed by atoms with Crippen LogP contribution in [0.5, 0.6) is 0 Å². The van der Waals surface area contributed by atoms with Gasteiger partial charge in [0, 0.05) is 18.7 Å². The van der Waals surface area contributed by atoms with Crippen LogP contribution in [-0.4, -0.2) is 54.5 Å². The minimum Gasteiger partial charge on any atom is -0.454 e. The second-order valence-electron chi connectivity index (χ2n) is 6.09. The molecular weight excluding hydrogens is 345 g/mol. The highest BCUT2D eigenvalue weighted by molar-refractivity contribution is 5.98. The molecule has 1 atom stereocenters. The molecule has 1 saturated heterocycles. The predicted molar refractivity (Wildman–Crippen MR) is 88.6 cm³/mol. The van der Waals surface area contributed by atoms with E-state index in [4.69, 9.17) is 4.74 Å². The minimum atomic E-state index is -0.993. The van der Waals surface area contributed by atoms with E-state index in [0.29, 0.717) is 6.54 Å². The summed E-state index contributed by atoms with van der Waals surface area (Å²) in [5, 5.41) is 4.98. The molecule has 1 aromatic carbocycles. The van der Waals surface area contributed by atoms with Crippen LogP contribution < -0.4 is 10.6 Å². The van der Waals surface area contributed by atoms with Crippen molar-refractivity contribution in [2.24, 2.45) is 5.92 Å². The van der Waals surface area contributed by atoms with Gasteiger partial charge in [-0.1, -0.05) is 13.8 Å². The highest BCUT2D eigenvalue weighted by atomic mass is 19.1. The van der Waals surface area contributed by atoms with Crippen LogP contribution >= 0.6 is 0 Å². The molecule has 26 heavy (non-hydrogen) atoms. The zero-order valence-electron chi connectivity index (χ0n) is 14.5. The number of imide groups is 1. The summed E-state index contributed by atoms with van der Waals surface area (Å²) in [4.78, 5) is 48.7. The molecule has 1 heterocycles. The van der Waals surface area contributed by atoms with Gasteiger partial charge >= 0.3 is 12.0 Å². The first-order valence-electron chi connectivity index (χ1n) is 8.11. The zero-order valence-corrected chi connectivity index (χ0v) is 14.5. The van der Waals surface area contributed by atoms with E-state index in [9.17, 15) is 23.6 Å². The third-order valence-corrected chi connectivity index (χ3v) is 3.81. The fraction of sp³-hybridized carbons (Fsp3) is 0.412. The smallest absolute Gasteiger partial charge is 0.329 e. The summed E-state index contributed by atoms with van der Waals surface area (Å²) < 4.78 is 17.9. The predicted octanol–water partition coefficient (Wildman–Crippen LogP) is 0.675. The van der Waals surface area contributed by atoms with Crippen molar-refractivity contribution in [2.75, 3.05) is 19.7 Å². The lowest BCUT2D eigenvalue weighted by molar-refractivity contribution is -0.153. The molecule has 0 saturated carbocycles. The highest BCUT2D eigenvalue weighted by Crippen LogP contribution is 2.08. The molecule has 2 N–H and O–H groups in total. The number of hydrogen-bond donors (Lipinski definition) is 2. The highest BCUT2D eigenvalue weighted by Gasteiger charge is 2.30. The van der Waals surface area contributed by atoms with Gasteiger partial charge in [0.1, 0.15) is 11.9 Å². The molecular formula is C17H20FN3O5. The first-order chi connectivity index (χ1) is 12.3. The molecule has 4 amide bonds. The van der Waals surface area contributed by atoms with Crippen LogP contribution in [0.2, 0.25) is 0 Å². The number of nitrogens with one attached hydrogen (secondary N) is 2. The maximum atomic E-state index is 12.9. The Balaban J connectivity index is 1.94. The number of benzene rings is 1. The number of halogens is 1. The second kappa shape index (κ2) is 8.41. The molecule has 1 aliphatic heterocycles. The Hall–Kier alpha value is -2.97. The Bertz CT molecular complexity index is 705. The van der Waals surface area contributed by atoms with Gasteiger partial charge in [-0.2, -0.15) is 0 Å². The molecule has 1 aliphatic rings. The lowest BCUT2D eigenvalue weighted by Gasteiger charge is -2.21. The van der Waals surface area contributed by atoms with Crippen LogP contribution in [0.25, 0.3) is 0 Å². The van der Waals surface area contributed by atoms with Crippen molar-refractivity contribution in [3.05, 3.63) is 35.6 Å².